The zero-order valence-electron chi connectivity index (χ0n) is 14.1. The van der Waals surface area contributed by atoms with Gasteiger partial charge in [-0.3, -0.25) is 9.69 Å². The van der Waals surface area contributed by atoms with E-state index < -0.39 is 0 Å². The molecule has 2 fully saturated rings. The van der Waals surface area contributed by atoms with Gasteiger partial charge in [-0.25, -0.2) is 4.79 Å². The van der Waals surface area contributed by atoms with Gasteiger partial charge in [-0.2, -0.15) is 0 Å². The lowest BCUT2D eigenvalue weighted by Gasteiger charge is -2.36. The Bertz CT molecular complexity index is 614. The van der Waals surface area contributed by atoms with E-state index in [0.29, 0.717) is 69.7 Å². The molecule has 3 rings (SSSR count). The number of hydrogen-bond donors (Lipinski definition) is 1. The predicted molar refractivity (Wildman–Crippen MR) is 95.9 cm³/mol. The summed E-state index contributed by atoms with van der Waals surface area (Å²) in [5, 5.41) is 3.35. The Balaban J connectivity index is 1.44. The smallest absolute Gasteiger partial charge is 0.321 e. The summed E-state index contributed by atoms with van der Waals surface area (Å²) in [5.41, 5.74) is 0.610. The van der Waals surface area contributed by atoms with Crippen LogP contribution < -0.4 is 5.32 Å². The molecule has 1 aromatic carbocycles. The van der Waals surface area contributed by atoms with Crippen molar-refractivity contribution in [2.45, 2.75) is 0 Å². The quantitative estimate of drug-likeness (QED) is 0.877. The van der Waals surface area contributed by atoms with E-state index >= 15 is 0 Å². The van der Waals surface area contributed by atoms with E-state index in [0.717, 1.165) is 0 Å². The topological polar surface area (TPSA) is 65.1 Å². The number of rotatable bonds is 3. The average molecular weight is 367 g/mol. The summed E-state index contributed by atoms with van der Waals surface area (Å²) in [6.07, 6.45) is 0. The van der Waals surface area contributed by atoms with Gasteiger partial charge in [0.1, 0.15) is 0 Å². The number of carbonyl (C=O) groups excluding carboxylic acids is 2. The summed E-state index contributed by atoms with van der Waals surface area (Å²) >= 11 is 6.07. The molecule has 2 saturated heterocycles. The third-order valence-electron chi connectivity index (χ3n) is 4.50. The molecule has 25 heavy (non-hydrogen) atoms. The third-order valence-corrected chi connectivity index (χ3v) is 4.83. The van der Waals surface area contributed by atoms with Gasteiger partial charge in [0.15, 0.2) is 0 Å². The summed E-state index contributed by atoms with van der Waals surface area (Å²) in [6.45, 7) is 5.51. The van der Waals surface area contributed by atoms with Crippen LogP contribution >= 0.6 is 11.6 Å². The number of anilines is 1. The molecule has 1 aromatic rings. The van der Waals surface area contributed by atoms with Crippen LogP contribution in [0.25, 0.3) is 0 Å². The number of hydrogen-bond acceptors (Lipinski definition) is 4. The first-order valence-corrected chi connectivity index (χ1v) is 8.89. The van der Waals surface area contributed by atoms with E-state index in [1.54, 1.807) is 17.0 Å². The Morgan fingerprint density at radius 2 is 1.68 bits per heavy atom. The Kier molecular flexibility index (Phi) is 6.12. The zero-order valence-corrected chi connectivity index (χ0v) is 14.9. The number of nitrogens with zero attached hydrogens (tertiary/aromatic N) is 3. The van der Waals surface area contributed by atoms with E-state index in [1.807, 2.05) is 17.0 Å². The molecule has 2 aliphatic rings. The highest BCUT2D eigenvalue weighted by molar-refractivity contribution is 6.33. The van der Waals surface area contributed by atoms with E-state index in [9.17, 15) is 9.59 Å². The van der Waals surface area contributed by atoms with Crippen molar-refractivity contribution in [2.75, 3.05) is 64.3 Å². The van der Waals surface area contributed by atoms with Gasteiger partial charge in [-0.15, -0.1) is 0 Å². The van der Waals surface area contributed by atoms with Crippen molar-refractivity contribution in [1.29, 1.82) is 0 Å². The normalized spacial score (nSPS) is 18.9. The Hall–Kier alpha value is -1.83. The molecule has 136 valence electrons. The van der Waals surface area contributed by atoms with E-state index in [-0.39, 0.29) is 11.9 Å². The number of nitrogens with one attached hydrogen (secondary N) is 1. The SMILES string of the molecule is O=C(CN1CCN(C(=O)Nc2ccccc2Cl)CC1)N1CCOCC1. The number of para-hydroxylation sites is 1. The number of piperazine rings is 1. The number of carbonyl (C=O) groups is 2. The van der Waals surface area contributed by atoms with Crippen LogP contribution in [0.15, 0.2) is 24.3 Å². The number of urea groups is 1. The molecule has 7 nitrogen and oxygen atoms in total. The molecule has 0 aromatic heterocycles. The summed E-state index contributed by atoms with van der Waals surface area (Å²) in [4.78, 5) is 30.3. The Morgan fingerprint density at radius 3 is 2.36 bits per heavy atom. The van der Waals surface area contributed by atoms with Gasteiger partial charge in [-0.1, -0.05) is 23.7 Å². The largest absolute Gasteiger partial charge is 0.378 e. The van der Waals surface area contributed by atoms with Crippen LogP contribution in [0, 0.1) is 0 Å². The van der Waals surface area contributed by atoms with Crippen LogP contribution in [0.1, 0.15) is 0 Å². The third kappa shape index (κ3) is 4.84. The maximum absolute atomic E-state index is 12.3. The molecule has 2 heterocycles. The van der Waals surface area contributed by atoms with Crippen LogP contribution in [-0.2, 0) is 9.53 Å². The van der Waals surface area contributed by atoms with Gasteiger partial charge >= 0.3 is 6.03 Å². The molecule has 0 unspecified atom stereocenters. The fourth-order valence-electron chi connectivity index (χ4n) is 2.97. The van der Waals surface area contributed by atoms with Crippen LogP contribution in [0.5, 0.6) is 0 Å². The average Bonchev–Trinajstić information content (AvgIpc) is 2.65. The highest BCUT2D eigenvalue weighted by atomic mass is 35.5. The minimum Gasteiger partial charge on any atom is -0.378 e. The second kappa shape index (κ2) is 8.51. The molecule has 2 aliphatic heterocycles. The van der Waals surface area contributed by atoms with Crippen molar-refractivity contribution >= 4 is 29.2 Å². The maximum Gasteiger partial charge on any atom is 0.321 e. The van der Waals surface area contributed by atoms with Gasteiger partial charge in [0.25, 0.3) is 0 Å². The van der Waals surface area contributed by atoms with Gasteiger partial charge in [-0.05, 0) is 12.1 Å². The lowest BCUT2D eigenvalue weighted by atomic mass is 10.3. The van der Waals surface area contributed by atoms with Crippen molar-refractivity contribution in [3.63, 3.8) is 0 Å². The molecular weight excluding hydrogens is 344 g/mol. The van der Waals surface area contributed by atoms with Crippen LogP contribution in [-0.4, -0.2) is 85.7 Å². The second-order valence-electron chi connectivity index (χ2n) is 6.17. The molecular formula is C17H23ClN4O3. The Labute approximate surface area is 152 Å². The molecule has 0 saturated carbocycles. The van der Waals surface area contributed by atoms with E-state index in [2.05, 4.69) is 10.2 Å². The fraction of sp³-hybridized carbons (Fsp3) is 0.529. The number of halogens is 1. The minimum atomic E-state index is -0.160. The van der Waals surface area contributed by atoms with Crippen molar-refractivity contribution in [3.8, 4) is 0 Å². The summed E-state index contributed by atoms with van der Waals surface area (Å²) in [7, 11) is 0. The lowest BCUT2D eigenvalue weighted by Crippen LogP contribution is -2.53. The fourth-order valence-corrected chi connectivity index (χ4v) is 3.15. The summed E-state index contributed by atoms with van der Waals surface area (Å²) in [5.74, 6) is 0.136. The number of morpholine rings is 1. The molecule has 8 heteroatoms. The molecule has 3 amide bonds. The van der Waals surface area contributed by atoms with Crippen LogP contribution in [0.2, 0.25) is 5.02 Å². The number of ether oxygens (including phenoxy) is 1. The molecule has 0 atom stereocenters. The first kappa shape index (κ1) is 18.0. The summed E-state index contributed by atoms with van der Waals surface area (Å²) < 4.78 is 5.27. The zero-order chi connectivity index (χ0) is 17.6. The minimum absolute atomic E-state index is 0.136. The first-order valence-electron chi connectivity index (χ1n) is 8.52. The number of benzene rings is 1. The number of amides is 3. The standard InChI is InChI=1S/C17H23ClN4O3/c18-14-3-1-2-4-15(14)19-17(24)22-7-5-20(6-8-22)13-16(23)21-9-11-25-12-10-21/h1-4H,5-13H2,(H,19,24). The summed E-state index contributed by atoms with van der Waals surface area (Å²) in [6, 6.07) is 7.01. The van der Waals surface area contributed by atoms with Crippen molar-refractivity contribution in [3.05, 3.63) is 29.3 Å². The van der Waals surface area contributed by atoms with E-state index in [4.69, 9.17) is 16.3 Å². The van der Waals surface area contributed by atoms with Gasteiger partial charge < -0.3 is 19.9 Å². The lowest BCUT2D eigenvalue weighted by molar-refractivity contribution is -0.136. The van der Waals surface area contributed by atoms with E-state index in [1.165, 1.54) is 0 Å². The molecule has 0 bridgehead atoms. The van der Waals surface area contributed by atoms with Crippen LogP contribution in [0.3, 0.4) is 0 Å². The maximum atomic E-state index is 12.3. The highest BCUT2D eigenvalue weighted by Crippen LogP contribution is 2.21. The molecule has 0 radical (unpaired) electrons. The predicted octanol–water partition coefficient (Wildman–Crippen LogP) is 1.35. The highest BCUT2D eigenvalue weighted by Gasteiger charge is 2.25. The molecule has 1 N–H and O–H groups in total. The van der Waals surface area contributed by atoms with Gasteiger partial charge in [0.05, 0.1) is 30.5 Å². The molecule has 0 aliphatic carbocycles. The molecule has 0 spiro atoms. The Morgan fingerprint density at radius 1 is 1.00 bits per heavy atom. The monoisotopic (exact) mass is 366 g/mol. The van der Waals surface area contributed by atoms with Crippen LogP contribution in [0.4, 0.5) is 10.5 Å². The van der Waals surface area contributed by atoms with Crippen molar-refractivity contribution in [1.82, 2.24) is 14.7 Å². The van der Waals surface area contributed by atoms with Gasteiger partial charge in [0.2, 0.25) is 5.91 Å². The second-order valence-corrected chi connectivity index (χ2v) is 6.57. The van der Waals surface area contributed by atoms with Crippen molar-refractivity contribution in [2.24, 2.45) is 0 Å². The van der Waals surface area contributed by atoms with Crippen molar-refractivity contribution < 1.29 is 14.3 Å². The first-order chi connectivity index (χ1) is 12.1. The van der Waals surface area contributed by atoms with Gasteiger partial charge in [0, 0.05) is 39.3 Å².